The van der Waals surface area contributed by atoms with Gasteiger partial charge in [-0.25, -0.2) is 9.37 Å². The van der Waals surface area contributed by atoms with Crippen LogP contribution in [0.2, 0.25) is 0 Å². The summed E-state index contributed by atoms with van der Waals surface area (Å²) in [5.74, 6) is -0.446. The number of benzene rings is 1. The second-order valence-corrected chi connectivity index (χ2v) is 5.96. The zero-order valence-corrected chi connectivity index (χ0v) is 11.8. The van der Waals surface area contributed by atoms with Crippen molar-refractivity contribution in [1.82, 2.24) is 4.98 Å². The summed E-state index contributed by atoms with van der Waals surface area (Å²) in [5.41, 5.74) is -0.247. The number of anilines is 1. The lowest BCUT2D eigenvalue weighted by atomic mass is 9.77. The van der Waals surface area contributed by atoms with Crippen LogP contribution in [0.4, 0.5) is 9.52 Å². The van der Waals surface area contributed by atoms with Gasteiger partial charge in [-0.2, -0.15) is 0 Å². The molecule has 2 aromatic rings. The quantitative estimate of drug-likeness (QED) is 0.935. The Hall–Kier alpha value is -1.75. The number of hydrogen-bond acceptors (Lipinski definition) is 3. The molecule has 1 aliphatic carbocycles. The monoisotopic (exact) mass is 290 g/mol. The average molecular weight is 290 g/mol. The van der Waals surface area contributed by atoms with Crippen LogP contribution in [-0.4, -0.2) is 10.9 Å². The Morgan fingerprint density at radius 2 is 2.05 bits per heavy atom. The van der Waals surface area contributed by atoms with Crippen molar-refractivity contribution >= 4 is 22.4 Å². The molecule has 0 radical (unpaired) electrons. The third-order valence-electron chi connectivity index (χ3n) is 3.93. The van der Waals surface area contributed by atoms with Crippen molar-refractivity contribution in [1.29, 1.82) is 0 Å². The number of thiazole rings is 1. The summed E-state index contributed by atoms with van der Waals surface area (Å²) in [6, 6.07) is 6.59. The van der Waals surface area contributed by atoms with Gasteiger partial charge in [0.15, 0.2) is 5.13 Å². The summed E-state index contributed by atoms with van der Waals surface area (Å²) in [5, 5.41) is 5.21. The zero-order valence-electron chi connectivity index (χ0n) is 10.9. The summed E-state index contributed by atoms with van der Waals surface area (Å²) >= 11 is 1.37. The van der Waals surface area contributed by atoms with E-state index < -0.39 is 5.41 Å². The van der Waals surface area contributed by atoms with E-state index in [0.29, 0.717) is 23.5 Å². The van der Waals surface area contributed by atoms with Crippen molar-refractivity contribution in [3.8, 4) is 0 Å². The first-order chi connectivity index (χ1) is 9.72. The predicted molar refractivity (Wildman–Crippen MR) is 77.3 cm³/mol. The highest BCUT2D eigenvalue weighted by Gasteiger charge is 2.44. The van der Waals surface area contributed by atoms with Gasteiger partial charge in [0.05, 0.1) is 5.41 Å². The van der Waals surface area contributed by atoms with Gasteiger partial charge in [0.25, 0.3) is 0 Å². The Bertz CT molecular complexity index is 606. The van der Waals surface area contributed by atoms with Crippen molar-refractivity contribution in [3.63, 3.8) is 0 Å². The fraction of sp³-hybridized carbons (Fsp3) is 0.333. The highest BCUT2D eigenvalue weighted by molar-refractivity contribution is 7.13. The molecule has 0 spiro atoms. The molecule has 1 heterocycles. The number of amides is 1. The number of hydrogen-bond donors (Lipinski definition) is 1. The Morgan fingerprint density at radius 3 is 2.70 bits per heavy atom. The molecule has 0 unspecified atom stereocenters. The molecule has 3 rings (SSSR count). The lowest BCUT2D eigenvalue weighted by molar-refractivity contribution is -0.121. The standard InChI is InChI=1S/C15H15FN2OS/c16-12-6-2-1-5-11(12)15(7-3-4-8-15)13(19)18-14-17-9-10-20-14/h1-2,5-6,9-10H,3-4,7-8H2,(H,17,18,19). The normalized spacial score (nSPS) is 17.1. The SMILES string of the molecule is O=C(Nc1nccs1)C1(c2ccccc2F)CCCC1. The third-order valence-corrected chi connectivity index (χ3v) is 4.62. The lowest BCUT2D eigenvalue weighted by Gasteiger charge is -2.28. The van der Waals surface area contributed by atoms with E-state index in [0.717, 1.165) is 12.8 Å². The maximum atomic E-state index is 14.1. The molecule has 1 N–H and O–H groups in total. The van der Waals surface area contributed by atoms with Crippen molar-refractivity contribution in [2.24, 2.45) is 0 Å². The van der Waals surface area contributed by atoms with Gasteiger partial charge in [-0.1, -0.05) is 31.0 Å². The van der Waals surface area contributed by atoms with Crippen LogP contribution < -0.4 is 5.32 Å². The van der Waals surface area contributed by atoms with E-state index in [1.54, 1.807) is 29.8 Å². The first-order valence-electron chi connectivity index (χ1n) is 6.68. The predicted octanol–water partition coefficient (Wildman–Crippen LogP) is 3.73. The van der Waals surface area contributed by atoms with Gasteiger partial charge < -0.3 is 5.32 Å². The summed E-state index contributed by atoms with van der Waals surface area (Å²) < 4.78 is 14.1. The largest absolute Gasteiger partial charge is 0.301 e. The van der Waals surface area contributed by atoms with Gasteiger partial charge in [0.1, 0.15) is 5.82 Å². The first-order valence-corrected chi connectivity index (χ1v) is 7.56. The highest BCUT2D eigenvalue weighted by Crippen LogP contribution is 2.43. The molecule has 0 atom stereocenters. The zero-order chi connectivity index (χ0) is 14.0. The van der Waals surface area contributed by atoms with Gasteiger partial charge in [-0.05, 0) is 18.9 Å². The summed E-state index contributed by atoms with van der Waals surface area (Å²) in [4.78, 5) is 16.7. The molecule has 0 bridgehead atoms. The molecule has 3 nitrogen and oxygen atoms in total. The summed E-state index contributed by atoms with van der Waals surface area (Å²) in [6.45, 7) is 0. The smallest absolute Gasteiger partial charge is 0.236 e. The molecule has 20 heavy (non-hydrogen) atoms. The van der Waals surface area contributed by atoms with Crippen LogP contribution >= 0.6 is 11.3 Å². The minimum Gasteiger partial charge on any atom is -0.301 e. The average Bonchev–Trinajstić information content (AvgIpc) is 3.10. The number of halogens is 1. The molecular weight excluding hydrogens is 275 g/mol. The molecule has 1 aliphatic rings. The molecule has 1 aromatic carbocycles. The van der Waals surface area contributed by atoms with Crippen molar-refractivity contribution in [2.75, 3.05) is 5.32 Å². The second-order valence-electron chi connectivity index (χ2n) is 5.06. The molecule has 104 valence electrons. The molecule has 1 fully saturated rings. The van der Waals surface area contributed by atoms with E-state index in [4.69, 9.17) is 0 Å². The Morgan fingerprint density at radius 1 is 1.30 bits per heavy atom. The topological polar surface area (TPSA) is 42.0 Å². The lowest BCUT2D eigenvalue weighted by Crippen LogP contribution is -2.38. The molecule has 0 aliphatic heterocycles. The fourth-order valence-electron chi connectivity index (χ4n) is 2.95. The van der Waals surface area contributed by atoms with Crippen molar-refractivity contribution in [2.45, 2.75) is 31.1 Å². The molecule has 1 saturated carbocycles. The first kappa shape index (κ1) is 13.2. The van der Waals surface area contributed by atoms with E-state index in [2.05, 4.69) is 10.3 Å². The highest BCUT2D eigenvalue weighted by atomic mass is 32.1. The minimum atomic E-state index is -0.753. The maximum Gasteiger partial charge on any atom is 0.236 e. The molecule has 1 amide bonds. The number of nitrogens with zero attached hydrogens (tertiary/aromatic N) is 1. The molecule has 1 aromatic heterocycles. The fourth-order valence-corrected chi connectivity index (χ4v) is 3.47. The van der Waals surface area contributed by atoms with Crippen LogP contribution in [0.5, 0.6) is 0 Å². The van der Waals surface area contributed by atoms with E-state index in [1.807, 2.05) is 0 Å². The van der Waals surface area contributed by atoms with Crippen LogP contribution in [0, 0.1) is 5.82 Å². The number of nitrogens with one attached hydrogen (secondary N) is 1. The van der Waals surface area contributed by atoms with E-state index >= 15 is 0 Å². The number of aromatic nitrogens is 1. The van der Waals surface area contributed by atoms with Crippen LogP contribution in [0.1, 0.15) is 31.2 Å². The molecular formula is C15H15FN2OS. The van der Waals surface area contributed by atoms with E-state index in [1.165, 1.54) is 17.4 Å². The van der Waals surface area contributed by atoms with Gasteiger partial charge in [0, 0.05) is 17.1 Å². The van der Waals surface area contributed by atoms with Crippen molar-refractivity contribution in [3.05, 3.63) is 47.2 Å². The molecule has 0 saturated heterocycles. The van der Waals surface area contributed by atoms with Gasteiger partial charge >= 0.3 is 0 Å². The minimum absolute atomic E-state index is 0.143. The Balaban J connectivity index is 1.96. The summed E-state index contributed by atoms with van der Waals surface area (Å²) in [7, 11) is 0. The van der Waals surface area contributed by atoms with Gasteiger partial charge in [-0.15, -0.1) is 11.3 Å². The van der Waals surface area contributed by atoms with Gasteiger partial charge in [-0.3, -0.25) is 4.79 Å². The Labute approximate surface area is 120 Å². The summed E-state index contributed by atoms with van der Waals surface area (Å²) in [6.07, 6.45) is 4.90. The molecule has 5 heteroatoms. The van der Waals surface area contributed by atoms with E-state index in [9.17, 15) is 9.18 Å². The van der Waals surface area contributed by atoms with Gasteiger partial charge in [0.2, 0.25) is 5.91 Å². The second kappa shape index (κ2) is 5.32. The number of carbonyl (C=O) groups is 1. The van der Waals surface area contributed by atoms with Crippen LogP contribution in [0.3, 0.4) is 0 Å². The number of rotatable bonds is 3. The van der Waals surface area contributed by atoms with Crippen LogP contribution in [0.15, 0.2) is 35.8 Å². The Kier molecular flexibility index (Phi) is 3.53. The third kappa shape index (κ3) is 2.22. The number of carbonyl (C=O) groups excluding carboxylic acids is 1. The van der Waals surface area contributed by atoms with Crippen molar-refractivity contribution < 1.29 is 9.18 Å². The van der Waals surface area contributed by atoms with E-state index in [-0.39, 0.29) is 11.7 Å². The van der Waals surface area contributed by atoms with Crippen LogP contribution in [-0.2, 0) is 10.2 Å². The maximum absolute atomic E-state index is 14.1. The van der Waals surface area contributed by atoms with Crippen LogP contribution in [0.25, 0.3) is 0 Å².